The van der Waals surface area contributed by atoms with Crippen LogP contribution in [0.1, 0.15) is 11.3 Å². The third kappa shape index (κ3) is 4.74. The van der Waals surface area contributed by atoms with E-state index in [1.54, 1.807) is 12.1 Å². The highest BCUT2D eigenvalue weighted by atomic mass is 35.5. The second kappa shape index (κ2) is 7.45. The highest BCUT2D eigenvalue weighted by molar-refractivity contribution is 6.30. The summed E-state index contributed by atoms with van der Waals surface area (Å²) in [6.45, 7) is 3.37. The Kier molecular flexibility index (Phi) is 5.61. The summed E-state index contributed by atoms with van der Waals surface area (Å²) in [5, 5.41) is 17.9. The molecule has 0 aliphatic heterocycles. The quantitative estimate of drug-likeness (QED) is 0.820. The van der Waals surface area contributed by atoms with Crippen molar-refractivity contribution in [2.75, 3.05) is 13.2 Å². The molecule has 114 valence electrons. The third-order valence-corrected chi connectivity index (χ3v) is 3.51. The average Bonchev–Trinajstić information content (AvgIpc) is 2.77. The molecule has 2 rings (SSSR count). The van der Waals surface area contributed by atoms with E-state index in [4.69, 9.17) is 16.3 Å². The van der Waals surface area contributed by atoms with Gasteiger partial charge in [0.2, 0.25) is 0 Å². The number of aliphatic hydroxyl groups excluding tert-OH is 1. The van der Waals surface area contributed by atoms with Gasteiger partial charge >= 0.3 is 0 Å². The number of hydrogen-bond acceptors (Lipinski definition) is 4. The van der Waals surface area contributed by atoms with Crippen molar-refractivity contribution in [3.63, 3.8) is 0 Å². The maximum Gasteiger partial charge on any atom is 0.120 e. The molecule has 0 aliphatic carbocycles. The molecule has 0 bridgehead atoms. The summed E-state index contributed by atoms with van der Waals surface area (Å²) in [6, 6.07) is 7.13. The number of halogens is 1. The van der Waals surface area contributed by atoms with E-state index in [1.807, 2.05) is 37.0 Å². The highest BCUT2D eigenvalue weighted by Gasteiger charge is 2.07. The number of rotatable bonds is 7. The van der Waals surface area contributed by atoms with E-state index in [0.29, 0.717) is 23.9 Å². The zero-order valence-corrected chi connectivity index (χ0v) is 13.0. The molecular weight excluding hydrogens is 290 g/mol. The Morgan fingerprint density at radius 3 is 2.95 bits per heavy atom. The van der Waals surface area contributed by atoms with Gasteiger partial charge in [-0.3, -0.25) is 4.68 Å². The van der Waals surface area contributed by atoms with Crippen molar-refractivity contribution in [3.8, 4) is 5.75 Å². The van der Waals surface area contributed by atoms with Crippen LogP contribution < -0.4 is 10.1 Å². The summed E-state index contributed by atoms with van der Waals surface area (Å²) in [7, 11) is 1.91. The van der Waals surface area contributed by atoms with E-state index in [9.17, 15) is 5.11 Å². The van der Waals surface area contributed by atoms with Crippen LogP contribution >= 0.6 is 11.6 Å². The smallest absolute Gasteiger partial charge is 0.120 e. The van der Waals surface area contributed by atoms with Gasteiger partial charge in [0, 0.05) is 36.4 Å². The van der Waals surface area contributed by atoms with Crippen molar-refractivity contribution in [1.82, 2.24) is 15.1 Å². The SMILES string of the molecule is Cc1c(CNCC(O)COc2cccc(Cl)c2)cnn1C. The maximum absolute atomic E-state index is 9.89. The van der Waals surface area contributed by atoms with Crippen LogP contribution in [0.2, 0.25) is 5.02 Å². The normalized spacial score (nSPS) is 12.4. The maximum atomic E-state index is 9.89. The van der Waals surface area contributed by atoms with Crippen LogP contribution in [0.5, 0.6) is 5.75 Å². The molecule has 0 saturated heterocycles. The third-order valence-electron chi connectivity index (χ3n) is 3.27. The van der Waals surface area contributed by atoms with Crippen LogP contribution in [0, 0.1) is 6.92 Å². The van der Waals surface area contributed by atoms with Gasteiger partial charge in [-0.15, -0.1) is 0 Å². The molecule has 1 unspecified atom stereocenters. The van der Waals surface area contributed by atoms with Gasteiger partial charge in [0.25, 0.3) is 0 Å². The number of aryl methyl sites for hydroxylation is 1. The summed E-state index contributed by atoms with van der Waals surface area (Å²) in [6.07, 6.45) is 1.25. The van der Waals surface area contributed by atoms with E-state index in [-0.39, 0.29) is 6.61 Å². The fourth-order valence-electron chi connectivity index (χ4n) is 1.90. The number of hydrogen-bond donors (Lipinski definition) is 2. The second-order valence-electron chi connectivity index (χ2n) is 4.93. The Morgan fingerprint density at radius 1 is 1.48 bits per heavy atom. The molecule has 5 nitrogen and oxygen atoms in total. The molecule has 0 fully saturated rings. The number of ether oxygens (including phenoxy) is 1. The topological polar surface area (TPSA) is 59.3 Å². The summed E-state index contributed by atoms with van der Waals surface area (Å²) in [4.78, 5) is 0. The average molecular weight is 310 g/mol. The van der Waals surface area contributed by atoms with Crippen LogP contribution in [-0.2, 0) is 13.6 Å². The first-order valence-electron chi connectivity index (χ1n) is 6.81. The molecule has 0 aliphatic rings. The molecule has 0 amide bonds. The number of aromatic nitrogens is 2. The van der Waals surface area contributed by atoms with Gasteiger partial charge in [-0.1, -0.05) is 17.7 Å². The highest BCUT2D eigenvalue weighted by Crippen LogP contribution is 2.17. The molecule has 1 heterocycles. The zero-order chi connectivity index (χ0) is 15.2. The van der Waals surface area contributed by atoms with Gasteiger partial charge in [0.15, 0.2) is 0 Å². The van der Waals surface area contributed by atoms with Crippen LogP contribution in [-0.4, -0.2) is 34.1 Å². The minimum atomic E-state index is -0.582. The number of nitrogens with zero attached hydrogens (tertiary/aromatic N) is 2. The van der Waals surface area contributed by atoms with Crippen LogP contribution in [0.4, 0.5) is 0 Å². The number of benzene rings is 1. The van der Waals surface area contributed by atoms with Crippen LogP contribution in [0.3, 0.4) is 0 Å². The first kappa shape index (κ1) is 15.8. The molecule has 0 spiro atoms. The monoisotopic (exact) mass is 309 g/mol. The van der Waals surface area contributed by atoms with E-state index >= 15 is 0 Å². The van der Waals surface area contributed by atoms with E-state index < -0.39 is 6.10 Å². The molecule has 0 radical (unpaired) electrons. The molecule has 2 N–H and O–H groups in total. The van der Waals surface area contributed by atoms with Crippen LogP contribution in [0.15, 0.2) is 30.5 Å². The lowest BCUT2D eigenvalue weighted by Gasteiger charge is -2.13. The first-order valence-corrected chi connectivity index (χ1v) is 7.18. The Balaban J connectivity index is 1.70. The lowest BCUT2D eigenvalue weighted by atomic mass is 10.2. The summed E-state index contributed by atoms with van der Waals surface area (Å²) < 4.78 is 7.32. The first-order chi connectivity index (χ1) is 10.1. The minimum absolute atomic E-state index is 0.222. The van der Waals surface area contributed by atoms with Gasteiger partial charge in [-0.2, -0.15) is 5.10 Å². The van der Waals surface area contributed by atoms with Crippen molar-refractivity contribution in [1.29, 1.82) is 0 Å². The molecule has 21 heavy (non-hydrogen) atoms. The Bertz CT molecular complexity index is 586. The van der Waals surface area contributed by atoms with Crippen molar-refractivity contribution in [2.45, 2.75) is 19.6 Å². The Morgan fingerprint density at radius 2 is 2.29 bits per heavy atom. The predicted molar refractivity (Wildman–Crippen MR) is 82.6 cm³/mol. The Hall–Kier alpha value is -1.56. The molecular formula is C15H20ClN3O2. The molecule has 1 atom stereocenters. The van der Waals surface area contributed by atoms with Gasteiger partial charge in [0.05, 0.1) is 6.20 Å². The Labute approximate surface area is 129 Å². The van der Waals surface area contributed by atoms with Crippen molar-refractivity contribution in [2.24, 2.45) is 7.05 Å². The fourth-order valence-corrected chi connectivity index (χ4v) is 2.08. The van der Waals surface area contributed by atoms with Gasteiger partial charge < -0.3 is 15.2 Å². The summed E-state index contributed by atoms with van der Waals surface area (Å²) >= 11 is 5.87. The number of nitrogens with one attached hydrogen (secondary N) is 1. The van der Waals surface area contributed by atoms with Crippen molar-refractivity contribution < 1.29 is 9.84 Å². The lowest BCUT2D eigenvalue weighted by molar-refractivity contribution is 0.106. The van der Waals surface area contributed by atoms with Gasteiger partial charge in [-0.05, 0) is 25.1 Å². The molecule has 1 aromatic heterocycles. The predicted octanol–water partition coefficient (Wildman–Crippen LogP) is 1.91. The molecule has 1 aromatic carbocycles. The molecule has 0 saturated carbocycles. The van der Waals surface area contributed by atoms with Crippen molar-refractivity contribution in [3.05, 3.63) is 46.7 Å². The van der Waals surface area contributed by atoms with E-state index in [1.165, 1.54) is 0 Å². The lowest BCUT2D eigenvalue weighted by Crippen LogP contribution is -2.31. The van der Waals surface area contributed by atoms with Crippen molar-refractivity contribution >= 4 is 11.6 Å². The molecule has 2 aromatic rings. The standard InChI is InChI=1S/C15H20ClN3O2/c1-11-12(8-18-19(11)2)7-17-9-14(20)10-21-15-5-3-4-13(16)6-15/h3-6,8,14,17,20H,7,9-10H2,1-2H3. The van der Waals surface area contributed by atoms with Crippen LogP contribution in [0.25, 0.3) is 0 Å². The summed E-state index contributed by atoms with van der Waals surface area (Å²) in [5.41, 5.74) is 2.24. The van der Waals surface area contributed by atoms with E-state index in [0.717, 1.165) is 11.3 Å². The zero-order valence-electron chi connectivity index (χ0n) is 12.2. The van der Waals surface area contributed by atoms with Gasteiger partial charge in [-0.25, -0.2) is 0 Å². The summed E-state index contributed by atoms with van der Waals surface area (Å²) in [5.74, 6) is 0.657. The minimum Gasteiger partial charge on any atom is -0.491 e. The second-order valence-corrected chi connectivity index (χ2v) is 5.37. The fraction of sp³-hybridized carbons (Fsp3) is 0.400. The van der Waals surface area contributed by atoms with E-state index in [2.05, 4.69) is 10.4 Å². The largest absolute Gasteiger partial charge is 0.491 e. The molecule has 6 heteroatoms. The van der Waals surface area contributed by atoms with Gasteiger partial charge in [0.1, 0.15) is 18.5 Å². The number of aliphatic hydroxyl groups is 1.